The molecule has 0 aromatic rings. The van der Waals surface area contributed by atoms with E-state index in [0.717, 1.165) is 0 Å². The number of hydrogen-bond donors (Lipinski definition) is 1. The number of halogens is 18. The summed E-state index contributed by atoms with van der Waals surface area (Å²) in [5, 5.41) is 8.03. The molecule has 0 radical (unpaired) electrons. The third kappa shape index (κ3) is 3.07. The molecule has 4 nitrogen and oxygen atoms in total. The fraction of sp³-hybridized carbons (Fsp3) is 0.900. The zero-order valence-corrected chi connectivity index (χ0v) is 13.5. The monoisotopic (exact) mass is 525 g/mol. The normalized spacial score (nSPS) is 31.8. The van der Waals surface area contributed by atoms with Crippen molar-refractivity contribution in [2.45, 2.75) is 54.0 Å². The summed E-state index contributed by atoms with van der Waals surface area (Å²) in [6, 6.07) is -8.66. The van der Waals surface area contributed by atoms with Crippen LogP contribution in [0.3, 0.4) is 0 Å². The van der Waals surface area contributed by atoms with Crippen molar-refractivity contribution in [3.8, 4) is 0 Å². The lowest BCUT2D eigenvalue weighted by Gasteiger charge is -2.57. The molecule has 0 bridgehead atoms. The van der Waals surface area contributed by atoms with Crippen LogP contribution in [0.5, 0.6) is 0 Å². The van der Waals surface area contributed by atoms with Gasteiger partial charge in [0, 0.05) is 0 Å². The van der Waals surface area contributed by atoms with Crippen molar-refractivity contribution < 1.29 is 93.7 Å². The molecule has 0 aromatic carbocycles. The van der Waals surface area contributed by atoms with Gasteiger partial charge in [-0.25, -0.2) is 22.7 Å². The predicted molar refractivity (Wildman–Crippen MR) is 55.1 cm³/mol. The zero-order valence-electron chi connectivity index (χ0n) is 13.5. The number of morpholine rings is 1. The van der Waals surface area contributed by atoms with Crippen LogP contribution in [0.25, 0.3) is 0 Å². The van der Waals surface area contributed by atoms with Gasteiger partial charge in [-0.1, -0.05) is 0 Å². The number of carbonyl (C=O) groups is 1. The number of nitrogens with zero attached hydrogens (tertiary/aromatic N) is 1. The van der Waals surface area contributed by atoms with Crippen LogP contribution in [0.4, 0.5) is 79.0 Å². The fourth-order valence-corrected chi connectivity index (χ4v) is 2.31. The molecule has 1 aliphatic heterocycles. The largest absolute Gasteiger partial charge is 0.478 e. The first-order valence-electron chi connectivity index (χ1n) is 6.66. The second kappa shape index (κ2) is 6.59. The highest BCUT2D eigenvalue weighted by atomic mass is 19.4. The molecular weight excluding hydrogens is 524 g/mol. The van der Waals surface area contributed by atoms with Crippen molar-refractivity contribution in [3.05, 3.63) is 0 Å². The molecule has 0 aromatic heterocycles. The summed E-state index contributed by atoms with van der Waals surface area (Å²) >= 11 is 0. The van der Waals surface area contributed by atoms with Crippen LogP contribution in [0, 0.1) is 0 Å². The van der Waals surface area contributed by atoms with E-state index in [1.54, 1.807) is 0 Å². The maximum atomic E-state index is 14.2. The zero-order chi connectivity index (χ0) is 26.4. The molecule has 1 N–H and O–H groups in total. The van der Waals surface area contributed by atoms with E-state index in [2.05, 4.69) is 0 Å². The lowest BCUT2D eigenvalue weighted by Crippen LogP contribution is -2.89. The van der Waals surface area contributed by atoms with Crippen molar-refractivity contribution in [1.29, 1.82) is 0 Å². The van der Waals surface area contributed by atoms with Crippen LogP contribution in [0.2, 0.25) is 0 Å². The molecule has 22 heteroatoms. The summed E-state index contributed by atoms with van der Waals surface area (Å²) in [6.07, 6.45) is -40.0. The van der Waals surface area contributed by atoms with Gasteiger partial charge >= 0.3 is 60.0 Å². The summed E-state index contributed by atoms with van der Waals surface area (Å²) in [4.78, 5) is 5.47. The summed E-state index contributed by atoms with van der Waals surface area (Å²) in [7, 11) is 0. The Morgan fingerprint density at radius 1 is 0.656 bits per heavy atom. The Morgan fingerprint density at radius 2 is 0.938 bits per heavy atom. The number of carboxylic acid groups (broad SMARTS) is 1. The first-order valence-corrected chi connectivity index (χ1v) is 6.66. The Kier molecular flexibility index (Phi) is 5.80. The first-order chi connectivity index (χ1) is 13.5. The minimum Gasteiger partial charge on any atom is -0.478 e. The van der Waals surface area contributed by atoms with E-state index in [0.29, 0.717) is 0 Å². The summed E-state index contributed by atoms with van der Waals surface area (Å²) in [5.41, 5.74) is -8.02. The Morgan fingerprint density at radius 3 is 1.12 bits per heavy atom. The summed E-state index contributed by atoms with van der Waals surface area (Å²) < 4.78 is 240. The number of hydrogen-bond acceptors (Lipinski definition) is 3. The van der Waals surface area contributed by atoms with Crippen LogP contribution in [0.15, 0.2) is 0 Å². The average Bonchev–Trinajstić information content (AvgIpc) is 2.47. The molecule has 1 aliphatic rings. The molecule has 0 saturated carbocycles. The minimum absolute atomic E-state index is 1.45. The standard InChI is InChI=1S/C10HF18NO3/c11-2(1(30)31,5(14,15)16)8(23,24)29-3(12,6(17,18)19)9(25,26)32-10(27,28)4(29,13)7(20,21)22/h(H,30,31). The Balaban J connectivity index is 4.40. The number of rotatable bonds is 3. The molecule has 0 amide bonds. The third-order valence-corrected chi connectivity index (χ3v) is 3.78. The van der Waals surface area contributed by atoms with Gasteiger partial charge in [-0.15, -0.1) is 4.90 Å². The van der Waals surface area contributed by atoms with Gasteiger partial charge in [0.1, 0.15) is 0 Å². The fourth-order valence-electron chi connectivity index (χ4n) is 2.31. The molecule has 32 heavy (non-hydrogen) atoms. The van der Waals surface area contributed by atoms with Gasteiger partial charge in [0.2, 0.25) is 0 Å². The SMILES string of the molecule is O=C(O)C(F)(C(F)(F)F)C(F)(F)N1C(F)(C(F)(F)F)C(F)(F)OC(F)(F)C1(F)C(F)(F)F. The molecule has 1 saturated heterocycles. The minimum atomic E-state index is -8.66. The lowest BCUT2D eigenvalue weighted by atomic mass is 9.93. The van der Waals surface area contributed by atoms with Crippen LogP contribution >= 0.6 is 0 Å². The lowest BCUT2D eigenvalue weighted by molar-refractivity contribution is -0.601. The Hall–Kier alpha value is -1.87. The predicted octanol–water partition coefficient (Wildman–Crippen LogP) is 4.91. The third-order valence-electron chi connectivity index (χ3n) is 3.78. The smallest absolute Gasteiger partial charge is 0.446 e. The van der Waals surface area contributed by atoms with Crippen LogP contribution in [0.1, 0.15) is 0 Å². The highest BCUT2D eigenvalue weighted by Gasteiger charge is 2.99. The molecule has 1 fully saturated rings. The van der Waals surface area contributed by atoms with Crippen molar-refractivity contribution in [3.63, 3.8) is 0 Å². The topological polar surface area (TPSA) is 49.8 Å². The summed E-state index contributed by atoms with van der Waals surface area (Å²) in [5.74, 6) is -21.6. The van der Waals surface area contributed by atoms with Gasteiger partial charge in [0.25, 0.3) is 0 Å². The molecule has 1 rings (SSSR count). The number of ether oxygens (including phenoxy) is 1. The van der Waals surface area contributed by atoms with E-state index >= 15 is 0 Å². The Labute approximate surface area is 160 Å². The van der Waals surface area contributed by atoms with Crippen molar-refractivity contribution in [1.82, 2.24) is 4.90 Å². The van der Waals surface area contributed by atoms with E-state index in [4.69, 9.17) is 5.11 Å². The number of carboxylic acids is 1. The highest BCUT2D eigenvalue weighted by molar-refractivity contribution is 5.80. The molecule has 1 heterocycles. The molecular formula is C10HF18NO3. The van der Waals surface area contributed by atoms with Gasteiger partial charge in [0.05, 0.1) is 0 Å². The molecule has 3 atom stereocenters. The van der Waals surface area contributed by atoms with Crippen LogP contribution < -0.4 is 0 Å². The summed E-state index contributed by atoms with van der Waals surface area (Å²) in [6.45, 7) is 0. The van der Waals surface area contributed by atoms with E-state index < -0.39 is 64.9 Å². The quantitative estimate of drug-likeness (QED) is 0.421. The van der Waals surface area contributed by atoms with Crippen molar-refractivity contribution in [2.75, 3.05) is 0 Å². The first kappa shape index (κ1) is 28.2. The highest BCUT2D eigenvalue weighted by Crippen LogP contribution is 2.67. The Bertz CT molecular complexity index is 732. The van der Waals surface area contributed by atoms with Gasteiger partial charge in [-0.3, -0.25) is 0 Å². The molecule has 0 spiro atoms. The number of aliphatic carboxylic acids is 1. The average molecular weight is 525 g/mol. The maximum Gasteiger partial charge on any atom is 0.446 e. The van der Waals surface area contributed by atoms with Crippen molar-refractivity contribution >= 4 is 5.97 Å². The van der Waals surface area contributed by atoms with Gasteiger partial charge in [-0.05, 0) is 0 Å². The van der Waals surface area contributed by atoms with Gasteiger partial charge in [-0.2, -0.15) is 65.9 Å². The van der Waals surface area contributed by atoms with E-state index in [-0.39, 0.29) is 0 Å². The number of alkyl halides is 18. The second-order valence-electron chi connectivity index (χ2n) is 5.71. The van der Waals surface area contributed by atoms with Gasteiger partial charge < -0.3 is 5.11 Å². The molecule has 3 unspecified atom stereocenters. The van der Waals surface area contributed by atoms with Crippen LogP contribution in [-0.4, -0.2) is 70.0 Å². The molecule has 190 valence electrons. The molecule has 0 aliphatic carbocycles. The second-order valence-corrected chi connectivity index (χ2v) is 5.71. The van der Waals surface area contributed by atoms with E-state index in [1.807, 2.05) is 0 Å². The van der Waals surface area contributed by atoms with E-state index in [9.17, 15) is 83.8 Å². The van der Waals surface area contributed by atoms with Crippen LogP contribution in [-0.2, 0) is 9.53 Å². The van der Waals surface area contributed by atoms with E-state index in [1.165, 1.54) is 4.74 Å². The maximum absolute atomic E-state index is 14.2. The van der Waals surface area contributed by atoms with Gasteiger partial charge in [0.15, 0.2) is 0 Å². The van der Waals surface area contributed by atoms with Crippen molar-refractivity contribution in [2.24, 2.45) is 0 Å².